The number of aliphatic hydroxyl groups is 1. The molecule has 0 unspecified atom stereocenters. The highest BCUT2D eigenvalue weighted by molar-refractivity contribution is 6.36. The number of rotatable bonds is 4. The molecule has 1 aliphatic rings. The topological polar surface area (TPSA) is 66.6 Å². The first-order valence-corrected chi connectivity index (χ1v) is 5.98. The average molecular weight is 255 g/mol. The predicted octanol–water partition coefficient (Wildman–Crippen LogP) is 1.52. The van der Waals surface area contributed by atoms with Crippen LogP contribution in [0, 0.1) is 0 Å². The Labute approximate surface area is 105 Å². The normalized spacial score (nSPS) is 14.7. The first kappa shape index (κ1) is 12.2. The number of benzene rings is 1. The number of nitrogens with two attached hydrogens (primary N) is 1. The van der Waals surface area contributed by atoms with Gasteiger partial charge in [0.05, 0.1) is 22.9 Å². The van der Waals surface area contributed by atoms with Crippen molar-refractivity contribution < 1.29 is 9.90 Å². The maximum Gasteiger partial charge on any atom is 0.255 e. The van der Waals surface area contributed by atoms with Gasteiger partial charge in [0.2, 0.25) is 0 Å². The molecule has 2 rings (SSSR count). The fourth-order valence-corrected chi connectivity index (χ4v) is 2.02. The number of carbonyl (C=O) groups is 1. The number of halogens is 1. The average Bonchev–Trinajstić information content (AvgIpc) is 3.13. The van der Waals surface area contributed by atoms with Crippen molar-refractivity contribution in [3.63, 3.8) is 0 Å². The molecule has 0 spiro atoms. The summed E-state index contributed by atoms with van der Waals surface area (Å²) in [5.41, 5.74) is 6.48. The number of aliphatic hydroxyl groups excluding tert-OH is 1. The van der Waals surface area contributed by atoms with Crippen LogP contribution in [0.2, 0.25) is 5.02 Å². The molecule has 1 aromatic carbocycles. The zero-order valence-corrected chi connectivity index (χ0v) is 10.2. The molecule has 1 fully saturated rings. The highest BCUT2D eigenvalue weighted by atomic mass is 35.5. The van der Waals surface area contributed by atoms with E-state index in [1.807, 2.05) is 0 Å². The Kier molecular flexibility index (Phi) is 3.54. The Morgan fingerprint density at radius 1 is 1.53 bits per heavy atom. The zero-order chi connectivity index (χ0) is 12.4. The van der Waals surface area contributed by atoms with E-state index in [9.17, 15) is 4.79 Å². The summed E-state index contributed by atoms with van der Waals surface area (Å²) in [6, 6.07) is 5.27. The fraction of sp³-hybridized carbons (Fsp3) is 0.417. The lowest BCUT2D eigenvalue weighted by Gasteiger charge is -2.22. The van der Waals surface area contributed by atoms with Crippen LogP contribution in [-0.2, 0) is 0 Å². The quantitative estimate of drug-likeness (QED) is 0.801. The lowest BCUT2D eigenvalue weighted by atomic mass is 10.1. The van der Waals surface area contributed by atoms with Gasteiger partial charge < -0.3 is 15.7 Å². The van der Waals surface area contributed by atoms with E-state index in [-0.39, 0.29) is 18.6 Å². The van der Waals surface area contributed by atoms with Crippen LogP contribution >= 0.6 is 11.6 Å². The van der Waals surface area contributed by atoms with Crippen LogP contribution in [0.25, 0.3) is 0 Å². The number of hydrogen-bond acceptors (Lipinski definition) is 3. The number of hydrogen-bond donors (Lipinski definition) is 2. The molecule has 0 radical (unpaired) electrons. The summed E-state index contributed by atoms with van der Waals surface area (Å²) in [5.74, 6) is -0.154. The lowest BCUT2D eigenvalue weighted by Crippen LogP contribution is -2.35. The van der Waals surface area contributed by atoms with Crippen molar-refractivity contribution in [1.29, 1.82) is 0 Å². The van der Waals surface area contributed by atoms with Gasteiger partial charge in [-0.1, -0.05) is 17.7 Å². The van der Waals surface area contributed by atoms with Gasteiger partial charge in [-0.05, 0) is 25.0 Å². The van der Waals surface area contributed by atoms with Gasteiger partial charge in [-0.15, -0.1) is 0 Å². The standard InChI is InChI=1S/C12H15ClN2O2/c13-11-9(2-1-3-10(11)14)12(17)15(6-7-16)8-4-5-8/h1-3,8,16H,4-7,14H2. The minimum Gasteiger partial charge on any atom is -0.398 e. The van der Waals surface area contributed by atoms with E-state index in [1.165, 1.54) is 0 Å². The van der Waals surface area contributed by atoms with Gasteiger partial charge in [-0.25, -0.2) is 0 Å². The molecule has 1 amide bonds. The van der Waals surface area contributed by atoms with E-state index in [0.29, 0.717) is 22.8 Å². The molecule has 1 aliphatic carbocycles. The number of amides is 1. The summed E-state index contributed by atoms with van der Waals surface area (Å²) in [6.07, 6.45) is 1.98. The van der Waals surface area contributed by atoms with Crippen LogP contribution in [0.1, 0.15) is 23.2 Å². The third-order valence-corrected chi connectivity index (χ3v) is 3.27. The van der Waals surface area contributed by atoms with E-state index in [0.717, 1.165) is 12.8 Å². The fourth-order valence-electron chi connectivity index (χ4n) is 1.81. The molecular weight excluding hydrogens is 240 g/mol. The van der Waals surface area contributed by atoms with Crippen molar-refractivity contribution >= 4 is 23.2 Å². The maximum absolute atomic E-state index is 12.3. The second-order valence-corrected chi connectivity index (χ2v) is 4.54. The Balaban J connectivity index is 2.25. The van der Waals surface area contributed by atoms with Gasteiger partial charge in [0.25, 0.3) is 5.91 Å². The minimum atomic E-state index is -0.154. The van der Waals surface area contributed by atoms with Gasteiger partial charge in [0.15, 0.2) is 0 Å². The van der Waals surface area contributed by atoms with Crippen LogP contribution in [0.4, 0.5) is 5.69 Å². The largest absolute Gasteiger partial charge is 0.398 e. The second-order valence-electron chi connectivity index (χ2n) is 4.16. The maximum atomic E-state index is 12.3. The van der Waals surface area contributed by atoms with Crippen molar-refractivity contribution in [2.75, 3.05) is 18.9 Å². The molecule has 1 aromatic rings. The lowest BCUT2D eigenvalue weighted by molar-refractivity contribution is 0.0708. The van der Waals surface area contributed by atoms with Crippen LogP contribution in [0.5, 0.6) is 0 Å². The molecule has 0 aliphatic heterocycles. The van der Waals surface area contributed by atoms with Crippen molar-refractivity contribution in [2.24, 2.45) is 0 Å². The molecule has 1 saturated carbocycles. The molecule has 92 valence electrons. The third kappa shape index (κ3) is 2.53. The van der Waals surface area contributed by atoms with Gasteiger partial charge >= 0.3 is 0 Å². The number of carbonyl (C=O) groups excluding carboxylic acids is 1. The highest BCUT2D eigenvalue weighted by Crippen LogP contribution is 2.30. The van der Waals surface area contributed by atoms with Gasteiger partial charge in [-0.3, -0.25) is 4.79 Å². The van der Waals surface area contributed by atoms with Crippen molar-refractivity contribution in [1.82, 2.24) is 4.90 Å². The zero-order valence-electron chi connectivity index (χ0n) is 9.40. The van der Waals surface area contributed by atoms with Crippen LogP contribution in [-0.4, -0.2) is 35.1 Å². The summed E-state index contributed by atoms with van der Waals surface area (Å²) in [5, 5.41) is 9.27. The first-order chi connectivity index (χ1) is 8.15. The predicted molar refractivity (Wildman–Crippen MR) is 67.0 cm³/mol. The van der Waals surface area contributed by atoms with Gasteiger partial charge in [0, 0.05) is 12.6 Å². The van der Waals surface area contributed by atoms with Crippen molar-refractivity contribution in [3.05, 3.63) is 28.8 Å². The molecular formula is C12H15ClN2O2. The molecule has 0 bridgehead atoms. The summed E-state index contributed by atoms with van der Waals surface area (Å²) in [7, 11) is 0. The summed E-state index contributed by atoms with van der Waals surface area (Å²) in [6.45, 7) is 0.302. The molecule has 0 atom stereocenters. The molecule has 0 saturated heterocycles. The van der Waals surface area contributed by atoms with Crippen molar-refractivity contribution in [2.45, 2.75) is 18.9 Å². The monoisotopic (exact) mass is 254 g/mol. The smallest absolute Gasteiger partial charge is 0.255 e. The second kappa shape index (κ2) is 4.94. The Morgan fingerprint density at radius 2 is 2.24 bits per heavy atom. The summed E-state index contributed by atoms with van der Waals surface area (Å²) in [4.78, 5) is 13.9. The summed E-state index contributed by atoms with van der Waals surface area (Å²) < 4.78 is 0. The Hall–Kier alpha value is -1.26. The van der Waals surface area contributed by atoms with Crippen LogP contribution in [0.3, 0.4) is 0 Å². The number of nitrogens with zero attached hydrogens (tertiary/aromatic N) is 1. The summed E-state index contributed by atoms with van der Waals surface area (Å²) >= 11 is 6.02. The van der Waals surface area contributed by atoms with Gasteiger partial charge in [-0.2, -0.15) is 0 Å². The van der Waals surface area contributed by atoms with E-state index in [1.54, 1.807) is 23.1 Å². The Bertz CT molecular complexity index is 433. The van der Waals surface area contributed by atoms with Crippen LogP contribution in [0.15, 0.2) is 18.2 Å². The Morgan fingerprint density at radius 3 is 2.82 bits per heavy atom. The first-order valence-electron chi connectivity index (χ1n) is 5.61. The molecule has 4 nitrogen and oxygen atoms in total. The van der Waals surface area contributed by atoms with Crippen LogP contribution < -0.4 is 5.73 Å². The van der Waals surface area contributed by atoms with Crippen molar-refractivity contribution in [3.8, 4) is 0 Å². The third-order valence-electron chi connectivity index (χ3n) is 2.85. The van der Waals surface area contributed by atoms with E-state index >= 15 is 0 Å². The number of nitrogen functional groups attached to an aromatic ring is 1. The van der Waals surface area contributed by atoms with E-state index in [4.69, 9.17) is 22.4 Å². The molecule has 0 aromatic heterocycles. The number of anilines is 1. The van der Waals surface area contributed by atoms with E-state index < -0.39 is 0 Å². The highest BCUT2D eigenvalue weighted by Gasteiger charge is 2.33. The molecule has 0 heterocycles. The molecule has 3 N–H and O–H groups in total. The SMILES string of the molecule is Nc1cccc(C(=O)N(CCO)C2CC2)c1Cl. The molecule has 5 heteroatoms. The minimum absolute atomic E-state index is 0.0395. The van der Waals surface area contributed by atoms with Gasteiger partial charge in [0.1, 0.15) is 0 Å². The van der Waals surface area contributed by atoms with E-state index in [2.05, 4.69) is 0 Å². The molecule has 17 heavy (non-hydrogen) atoms.